The predicted octanol–water partition coefficient (Wildman–Crippen LogP) is 6.17. The number of amides is 1. The molecule has 0 radical (unpaired) electrons. The van der Waals surface area contributed by atoms with Crippen LogP contribution in [0.4, 0.5) is 0 Å². The number of methoxy groups -OCH3 is 1. The highest BCUT2D eigenvalue weighted by Gasteiger charge is 2.13. The summed E-state index contributed by atoms with van der Waals surface area (Å²) in [5.74, 6) is 0.522. The number of nitrogens with one attached hydrogen (secondary N) is 1. The molecule has 152 valence electrons. The predicted molar refractivity (Wildman–Crippen MR) is 124 cm³/mol. The molecule has 1 heterocycles. The Bertz CT molecular complexity index is 1490. The van der Waals surface area contributed by atoms with Gasteiger partial charge in [-0.2, -0.15) is 5.10 Å². The van der Waals surface area contributed by atoms with Crippen LogP contribution in [0, 0.1) is 0 Å². The summed E-state index contributed by atoms with van der Waals surface area (Å²) >= 11 is 6.38. The quantitative estimate of drug-likeness (QED) is 0.275. The van der Waals surface area contributed by atoms with Gasteiger partial charge in [-0.1, -0.05) is 48.0 Å². The van der Waals surface area contributed by atoms with Crippen molar-refractivity contribution in [3.05, 3.63) is 89.1 Å². The van der Waals surface area contributed by atoms with Crippen molar-refractivity contribution in [1.82, 2.24) is 5.43 Å². The third-order valence-corrected chi connectivity index (χ3v) is 5.51. The maximum absolute atomic E-state index is 12.5. The van der Waals surface area contributed by atoms with E-state index in [2.05, 4.69) is 10.5 Å². The lowest BCUT2D eigenvalue weighted by Crippen LogP contribution is -2.16. The van der Waals surface area contributed by atoms with Crippen molar-refractivity contribution in [2.24, 2.45) is 5.10 Å². The molecule has 0 atom stereocenters. The van der Waals surface area contributed by atoms with Crippen LogP contribution < -0.4 is 10.2 Å². The number of ether oxygens (including phenoxy) is 1. The van der Waals surface area contributed by atoms with Crippen LogP contribution in [0.2, 0.25) is 5.02 Å². The molecule has 1 aromatic heterocycles. The number of nitrogens with zero attached hydrogens (tertiary/aromatic N) is 1. The summed E-state index contributed by atoms with van der Waals surface area (Å²) in [6, 6.07) is 23.0. The maximum atomic E-state index is 12.5. The Balaban J connectivity index is 1.39. The number of carbonyl (C=O) groups excluding carboxylic acids is 1. The Morgan fingerprint density at radius 2 is 1.81 bits per heavy atom. The lowest BCUT2D eigenvalue weighted by molar-refractivity contribution is 0.0929. The van der Waals surface area contributed by atoms with Crippen molar-refractivity contribution in [3.8, 4) is 5.75 Å². The molecule has 5 rings (SSSR count). The molecule has 0 bridgehead atoms. The maximum Gasteiger partial charge on any atom is 0.307 e. The second-order valence-corrected chi connectivity index (χ2v) is 7.50. The molecule has 0 aliphatic carbocycles. The molecular weight excluding hydrogens is 412 g/mol. The summed E-state index contributed by atoms with van der Waals surface area (Å²) in [5, 5.41) is 9.54. The number of hydrazone groups is 1. The van der Waals surface area contributed by atoms with Crippen LogP contribution in [0.3, 0.4) is 0 Å². The summed E-state index contributed by atoms with van der Waals surface area (Å²) in [4.78, 5) is 12.5. The van der Waals surface area contributed by atoms with Gasteiger partial charge in [0.25, 0.3) is 0 Å². The van der Waals surface area contributed by atoms with Crippen molar-refractivity contribution < 1.29 is 13.9 Å². The van der Waals surface area contributed by atoms with Crippen LogP contribution in [-0.4, -0.2) is 19.2 Å². The smallest absolute Gasteiger partial charge is 0.307 e. The minimum atomic E-state index is -0.432. The molecule has 6 heteroatoms. The molecule has 4 aromatic carbocycles. The molecule has 0 unspecified atom stereocenters. The largest absolute Gasteiger partial charge is 0.497 e. The van der Waals surface area contributed by atoms with Crippen molar-refractivity contribution in [2.45, 2.75) is 0 Å². The van der Waals surface area contributed by atoms with Crippen molar-refractivity contribution >= 4 is 56.2 Å². The van der Waals surface area contributed by atoms with E-state index in [1.54, 1.807) is 13.2 Å². The summed E-state index contributed by atoms with van der Waals surface area (Å²) in [5.41, 5.74) is 3.85. The van der Waals surface area contributed by atoms with Gasteiger partial charge in [-0.3, -0.25) is 4.79 Å². The molecule has 1 amide bonds. The highest BCUT2D eigenvalue weighted by Crippen LogP contribution is 2.28. The van der Waals surface area contributed by atoms with Crippen LogP contribution in [0.1, 0.15) is 16.1 Å². The molecular formula is C25H17ClN2O3. The number of halogens is 1. The zero-order valence-electron chi connectivity index (χ0n) is 16.6. The second kappa shape index (κ2) is 7.78. The van der Waals surface area contributed by atoms with Crippen molar-refractivity contribution in [2.75, 3.05) is 7.11 Å². The lowest BCUT2D eigenvalue weighted by Gasteiger charge is -2.05. The summed E-state index contributed by atoms with van der Waals surface area (Å²) in [6.45, 7) is 0. The first-order valence-corrected chi connectivity index (χ1v) is 10.0. The van der Waals surface area contributed by atoms with E-state index in [1.807, 2.05) is 66.7 Å². The molecule has 1 N–H and O–H groups in total. The SMILES string of the molecule is COc1ccc2cc(/C=N\NC(=O)c3cc4c(ccc5ccccc54)o3)c(Cl)cc2c1. The van der Waals surface area contributed by atoms with Crippen LogP contribution in [0.25, 0.3) is 32.5 Å². The van der Waals surface area contributed by atoms with Gasteiger partial charge in [0.2, 0.25) is 0 Å². The Morgan fingerprint density at radius 3 is 2.68 bits per heavy atom. The van der Waals surface area contributed by atoms with Gasteiger partial charge in [0.15, 0.2) is 5.76 Å². The van der Waals surface area contributed by atoms with E-state index < -0.39 is 5.91 Å². The van der Waals surface area contributed by atoms with Crippen molar-refractivity contribution in [3.63, 3.8) is 0 Å². The molecule has 0 spiro atoms. The third-order valence-electron chi connectivity index (χ3n) is 5.18. The standard InChI is InChI=1S/C25H17ClN2O3/c1-30-19-8-6-16-10-18(22(26)12-17(16)11-19)14-27-28-25(29)24-13-21-20-5-3-2-4-15(20)7-9-23(21)31-24/h2-14H,1H3,(H,28,29)/b27-14-. The van der Waals surface area contributed by atoms with Crippen LogP contribution in [-0.2, 0) is 0 Å². The number of furan rings is 1. The fourth-order valence-electron chi connectivity index (χ4n) is 3.61. The highest BCUT2D eigenvalue weighted by atomic mass is 35.5. The number of hydrogen-bond acceptors (Lipinski definition) is 4. The van der Waals surface area contributed by atoms with Gasteiger partial charge < -0.3 is 9.15 Å². The van der Waals surface area contributed by atoms with E-state index in [-0.39, 0.29) is 5.76 Å². The number of benzene rings is 4. The Kier molecular flexibility index (Phi) is 4.81. The lowest BCUT2D eigenvalue weighted by atomic mass is 10.1. The molecule has 5 aromatic rings. The minimum absolute atomic E-state index is 0.195. The fraction of sp³-hybridized carbons (Fsp3) is 0.0400. The first kappa shape index (κ1) is 19.2. The average Bonchev–Trinajstić information content (AvgIpc) is 3.24. The average molecular weight is 429 g/mol. The Labute approximate surface area is 182 Å². The molecule has 0 saturated carbocycles. The zero-order chi connectivity index (χ0) is 21.4. The van der Waals surface area contributed by atoms with Gasteiger partial charge in [-0.15, -0.1) is 0 Å². The second-order valence-electron chi connectivity index (χ2n) is 7.10. The fourth-order valence-corrected chi connectivity index (χ4v) is 3.83. The number of rotatable bonds is 4. The monoisotopic (exact) mass is 428 g/mol. The number of carbonyl (C=O) groups is 1. The first-order chi connectivity index (χ1) is 15.1. The molecule has 0 aliphatic heterocycles. The van der Waals surface area contributed by atoms with Gasteiger partial charge in [-0.05, 0) is 57.9 Å². The molecule has 31 heavy (non-hydrogen) atoms. The molecule has 0 aliphatic rings. The third kappa shape index (κ3) is 3.60. The van der Waals surface area contributed by atoms with Crippen LogP contribution >= 0.6 is 11.6 Å². The van der Waals surface area contributed by atoms with Gasteiger partial charge in [-0.25, -0.2) is 5.43 Å². The van der Waals surface area contributed by atoms with Gasteiger partial charge in [0.1, 0.15) is 11.3 Å². The van der Waals surface area contributed by atoms with E-state index in [4.69, 9.17) is 20.8 Å². The van der Waals surface area contributed by atoms with Gasteiger partial charge in [0.05, 0.1) is 18.3 Å². The van der Waals surface area contributed by atoms with E-state index in [1.165, 1.54) is 6.21 Å². The van der Waals surface area contributed by atoms with Crippen LogP contribution in [0.15, 0.2) is 82.3 Å². The van der Waals surface area contributed by atoms with E-state index in [0.717, 1.165) is 32.7 Å². The van der Waals surface area contributed by atoms with Crippen LogP contribution in [0.5, 0.6) is 5.75 Å². The molecule has 0 fully saturated rings. The van der Waals surface area contributed by atoms with E-state index in [9.17, 15) is 4.79 Å². The highest BCUT2D eigenvalue weighted by molar-refractivity contribution is 6.34. The summed E-state index contributed by atoms with van der Waals surface area (Å²) in [7, 11) is 1.62. The van der Waals surface area contributed by atoms with E-state index >= 15 is 0 Å². The Hall–Kier alpha value is -3.83. The normalized spacial score (nSPS) is 11.5. The number of hydrogen-bond donors (Lipinski definition) is 1. The van der Waals surface area contributed by atoms with Gasteiger partial charge >= 0.3 is 5.91 Å². The summed E-state index contributed by atoms with van der Waals surface area (Å²) in [6.07, 6.45) is 1.52. The van der Waals surface area contributed by atoms with Gasteiger partial charge in [0, 0.05) is 10.9 Å². The van der Waals surface area contributed by atoms with Crippen molar-refractivity contribution in [1.29, 1.82) is 0 Å². The number of fused-ring (bicyclic) bond motifs is 4. The molecule has 0 saturated heterocycles. The Morgan fingerprint density at radius 1 is 0.968 bits per heavy atom. The summed E-state index contributed by atoms with van der Waals surface area (Å²) < 4.78 is 11.0. The first-order valence-electron chi connectivity index (χ1n) is 9.64. The zero-order valence-corrected chi connectivity index (χ0v) is 17.3. The topological polar surface area (TPSA) is 63.8 Å². The minimum Gasteiger partial charge on any atom is -0.497 e. The van der Waals surface area contributed by atoms with E-state index in [0.29, 0.717) is 16.2 Å². The molecule has 5 nitrogen and oxygen atoms in total.